The molecule has 94 valence electrons. The molecule has 4 nitrogen and oxygen atoms in total. The van der Waals surface area contributed by atoms with Crippen molar-refractivity contribution in [1.29, 1.82) is 0 Å². The number of para-hydroxylation sites is 1. The van der Waals surface area contributed by atoms with Crippen LogP contribution >= 0.6 is 0 Å². The molecule has 0 saturated carbocycles. The van der Waals surface area contributed by atoms with Gasteiger partial charge in [-0.2, -0.15) is 0 Å². The fraction of sp³-hybridized carbons (Fsp3) is 0.214. The van der Waals surface area contributed by atoms with E-state index < -0.39 is 0 Å². The average Bonchev–Trinajstić information content (AvgIpc) is 2.70. The fourth-order valence-corrected chi connectivity index (χ4v) is 1.59. The van der Waals surface area contributed by atoms with Crippen molar-refractivity contribution < 1.29 is 9.26 Å². The SMILES string of the molecule is CCOc1ccccc1/C=C/c1onc(C)c1N. The maximum atomic E-state index is 5.82. The lowest BCUT2D eigenvalue weighted by atomic mass is 10.1. The van der Waals surface area contributed by atoms with Crippen LogP contribution in [0.4, 0.5) is 5.69 Å². The number of rotatable bonds is 4. The van der Waals surface area contributed by atoms with E-state index in [0.717, 1.165) is 11.3 Å². The molecule has 0 fully saturated rings. The molecule has 18 heavy (non-hydrogen) atoms. The van der Waals surface area contributed by atoms with Crippen LogP contribution in [-0.4, -0.2) is 11.8 Å². The summed E-state index contributed by atoms with van der Waals surface area (Å²) in [5.41, 5.74) is 8.08. The summed E-state index contributed by atoms with van der Waals surface area (Å²) in [7, 11) is 0. The maximum Gasteiger partial charge on any atom is 0.182 e. The molecule has 0 amide bonds. The standard InChI is InChI=1S/C14H16N2O2/c1-3-17-12-7-5-4-6-11(12)8-9-13-14(15)10(2)16-18-13/h4-9H,3,15H2,1-2H3/b9-8+. The van der Waals surface area contributed by atoms with Gasteiger partial charge in [-0.1, -0.05) is 23.4 Å². The smallest absolute Gasteiger partial charge is 0.182 e. The average molecular weight is 244 g/mol. The Kier molecular flexibility index (Phi) is 3.67. The van der Waals surface area contributed by atoms with Gasteiger partial charge in [0.25, 0.3) is 0 Å². The minimum Gasteiger partial charge on any atom is -0.493 e. The van der Waals surface area contributed by atoms with Crippen LogP contribution < -0.4 is 10.5 Å². The quantitative estimate of drug-likeness (QED) is 0.897. The molecular formula is C14H16N2O2. The first-order chi connectivity index (χ1) is 8.72. The summed E-state index contributed by atoms with van der Waals surface area (Å²) < 4.78 is 10.6. The van der Waals surface area contributed by atoms with Crippen molar-refractivity contribution in [2.24, 2.45) is 0 Å². The Bertz CT molecular complexity index is 559. The summed E-state index contributed by atoms with van der Waals surface area (Å²) in [4.78, 5) is 0. The van der Waals surface area contributed by atoms with Crippen molar-refractivity contribution in [1.82, 2.24) is 5.16 Å². The van der Waals surface area contributed by atoms with Crippen molar-refractivity contribution in [2.45, 2.75) is 13.8 Å². The Morgan fingerprint density at radius 3 is 2.78 bits per heavy atom. The number of ether oxygens (including phenoxy) is 1. The molecule has 0 radical (unpaired) electrons. The molecule has 4 heteroatoms. The first kappa shape index (κ1) is 12.2. The van der Waals surface area contributed by atoms with Crippen molar-refractivity contribution in [2.75, 3.05) is 12.3 Å². The van der Waals surface area contributed by atoms with Crippen LogP contribution in [0, 0.1) is 6.92 Å². The zero-order valence-corrected chi connectivity index (χ0v) is 10.5. The van der Waals surface area contributed by atoms with Gasteiger partial charge in [-0.25, -0.2) is 0 Å². The number of hydrogen-bond donors (Lipinski definition) is 1. The first-order valence-electron chi connectivity index (χ1n) is 5.84. The minimum absolute atomic E-state index is 0.568. The second kappa shape index (κ2) is 5.40. The molecule has 0 unspecified atom stereocenters. The lowest BCUT2D eigenvalue weighted by Gasteiger charge is -2.05. The topological polar surface area (TPSA) is 61.3 Å². The van der Waals surface area contributed by atoms with E-state index in [9.17, 15) is 0 Å². The fourth-order valence-electron chi connectivity index (χ4n) is 1.59. The van der Waals surface area contributed by atoms with Crippen LogP contribution in [0.5, 0.6) is 5.75 Å². The number of hydrogen-bond acceptors (Lipinski definition) is 4. The molecule has 2 N–H and O–H groups in total. The van der Waals surface area contributed by atoms with Gasteiger partial charge in [0.05, 0.1) is 6.61 Å². The summed E-state index contributed by atoms with van der Waals surface area (Å²) in [5.74, 6) is 1.41. The Labute approximate surface area is 106 Å². The van der Waals surface area contributed by atoms with Gasteiger partial charge >= 0.3 is 0 Å². The highest BCUT2D eigenvalue weighted by Gasteiger charge is 2.06. The van der Waals surface area contributed by atoms with Crippen LogP contribution in [0.15, 0.2) is 28.8 Å². The lowest BCUT2D eigenvalue weighted by molar-refractivity contribution is 0.339. The number of nitrogens with zero attached hydrogens (tertiary/aromatic N) is 1. The van der Waals surface area contributed by atoms with Crippen LogP contribution in [0.1, 0.15) is 23.9 Å². The Morgan fingerprint density at radius 1 is 1.33 bits per heavy atom. The zero-order chi connectivity index (χ0) is 13.0. The van der Waals surface area contributed by atoms with E-state index >= 15 is 0 Å². The molecule has 0 aliphatic carbocycles. The third-order valence-electron chi connectivity index (χ3n) is 2.57. The number of anilines is 1. The third kappa shape index (κ3) is 2.53. The van der Waals surface area contributed by atoms with E-state index in [1.807, 2.05) is 44.2 Å². The zero-order valence-electron chi connectivity index (χ0n) is 10.5. The number of nitrogens with two attached hydrogens (primary N) is 1. The second-order valence-corrected chi connectivity index (χ2v) is 3.85. The van der Waals surface area contributed by atoms with Crippen molar-refractivity contribution in [3.05, 3.63) is 41.3 Å². The van der Waals surface area contributed by atoms with Crippen molar-refractivity contribution in [3.8, 4) is 5.75 Å². The summed E-state index contributed by atoms with van der Waals surface area (Å²) in [6, 6.07) is 7.80. The number of benzene rings is 1. The van der Waals surface area contributed by atoms with E-state index in [0.29, 0.717) is 23.7 Å². The first-order valence-corrected chi connectivity index (χ1v) is 5.84. The van der Waals surface area contributed by atoms with Gasteiger partial charge in [-0.15, -0.1) is 0 Å². The summed E-state index contributed by atoms with van der Waals surface area (Å²) in [6.45, 7) is 4.40. The molecule has 0 atom stereocenters. The predicted octanol–water partition coefficient (Wildman–Crippen LogP) is 3.13. The van der Waals surface area contributed by atoms with E-state index in [1.165, 1.54) is 0 Å². The monoisotopic (exact) mass is 244 g/mol. The van der Waals surface area contributed by atoms with Crippen molar-refractivity contribution in [3.63, 3.8) is 0 Å². The number of nitrogen functional groups attached to an aromatic ring is 1. The van der Waals surface area contributed by atoms with Gasteiger partial charge in [0.1, 0.15) is 17.1 Å². The highest BCUT2D eigenvalue weighted by molar-refractivity contribution is 5.75. The molecule has 0 aliphatic rings. The molecule has 0 bridgehead atoms. The van der Waals surface area contributed by atoms with Gasteiger partial charge in [-0.05, 0) is 32.1 Å². The van der Waals surface area contributed by atoms with Gasteiger partial charge in [0.15, 0.2) is 5.76 Å². The molecule has 2 rings (SSSR count). The van der Waals surface area contributed by atoms with Gasteiger partial charge in [0.2, 0.25) is 0 Å². The molecule has 1 aromatic carbocycles. The maximum absolute atomic E-state index is 5.82. The summed E-state index contributed by atoms with van der Waals surface area (Å²) >= 11 is 0. The van der Waals surface area contributed by atoms with E-state index in [1.54, 1.807) is 6.08 Å². The van der Waals surface area contributed by atoms with Gasteiger partial charge < -0.3 is 15.0 Å². The van der Waals surface area contributed by atoms with Crippen LogP contribution in [0.2, 0.25) is 0 Å². The predicted molar refractivity (Wildman–Crippen MR) is 72.2 cm³/mol. The van der Waals surface area contributed by atoms with Crippen LogP contribution in [0.3, 0.4) is 0 Å². The lowest BCUT2D eigenvalue weighted by Crippen LogP contribution is -1.93. The van der Waals surface area contributed by atoms with E-state index in [2.05, 4.69) is 5.16 Å². The van der Waals surface area contributed by atoms with E-state index in [-0.39, 0.29) is 0 Å². The van der Waals surface area contributed by atoms with Crippen molar-refractivity contribution >= 4 is 17.8 Å². The van der Waals surface area contributed by atoms with E-state index in [4.69, 9.17) is 15.0 Å². The van der Waals surface area contributed by atoms with Gasteiger partial charge in [-0.3, -0.25) is 0 Å². The largest absolute Gasteiger partial charge is 0.493 e. The summed E-state index contributed by atoms with van der Waals surface area (Å²) in [6.07, 6.45) is 3.70. The minimum atomic E-state index is 0.568. The molecule has 2 aromatic rings. The Hall–Kier alpha value is -2.23. The Balaban J connectivity index is 2.26. The van der Waals surface area contributed by atoms with Crippen LogP contribution in [0.25, 0.3) is 12.2 Å². The summed E-state index contributed by atoms with van der Waals surface area (Å²) in [5, 5.41) is 3.80. The molecular weight excluding hydrogens is 228 g/mol. The molecule has 1 aromatic heterocycles. The molecule has 0 saturated heterocycles. The molecule has 1 heterocycles. The molecule has 0 spiro atoms. The Morgan fingerprint density at radius 2 is 2.11 bits per heavy atom. The number of aromatic nitrogens is 1. The molecule has 0 aliphatic heterocycles. The normalized spacial score (nSPS) is 11.0. The highest BCUT2D eigenvalue weighted by atomic mass is 16.5. The van der Waals surface area contributed by atoms with Crippen LogP contribution in [-0.2, 0) is 0 Å². The highest BCUT2D eigenvalue weighted by Crippen LogP contribution is 2.23. The van der Waals surface area contributed by atoms with Gasteiger partial charge in [0, 0.05) is 5.56 Å². The second-order valence-electron chi connectivity index (χ2n) is 3.85. The third-order valence-corrected chi connectivity index (χ3v) is 2.57. The number of aryl methyl sites for hydroxylation is 1.